The SMILES string of the molecule is C[C@@H](C1=CCCCC1)[C@@H](O)C(F)(F)F. The Balaban J connectivity index is 2.64. The molecule has 0 aromatic heterocycles. The molecule has 0 saturated carbocycles. The van der Waals surface area contributed by atoms with Gasteiger partial charge in [-0.2, -0.15) is 13.2 Å². The minimum Gasteiger partial charge on any atom is -0.383 e. The molecule has 1 nitrogen and oxygen atoms in total. The van der Waals surface area contributed by atoms with Crippen molar-refractivity contribution in [1.82, 2.24) is 0 Å². The lowest BCUT2D eigenvalue weighted by molar-refractivity contribution is -0.214. The Morgan fingerprint density at radius 3 is 2.43 bits per heavy atom. The minimum atomic E-state index is -4.50. The number of aliphatic hydroxyl groups is 1. The highest BCUT2D eigenvalue weighted by Gasteiger charge is 2.42. The smallest absolute Gasteiger partial charge is 0.383 e. The molecule has 1 N–H and O–H groups in total. The van der Waals surface area contributed by atoms with Crippen LogP contribution in [0.2, 0.25) is 0 Å². The van der Waals surface area contributed by atoms with Gasteiger partial charge in [-0.25, -0.2) is 0 Å². The van der Waals surface area contributed by atoms with E-state index < -0.39 is 18.2 Å². The molecule has 0 aromatic carbocycles. The lowest BCUT2D eigenvalue weighted by Gasteiger charge is -2.25. The van der Waals surface area contributed by atoms with Gasteiger partial charge in [0, 0.05) is 5.92 Å². The second-order valence-corrected chi connectivity index (χ2v) is 3.80. The fraction of sp³-hybridized carbons (Fsp3) is 0.800. The zero-order chi connectivity index (χ0) is 10.8. The van der Waals surface area contributed by atoms with Gasteiger partial charge >= 0.3 is 6.18 Å². The molecular formula is C10H15F3O. The molecule has 1 aliphatic rings. The molecule has 14 heavy (non-hydrogen) atoms. The average molecular weight is 208 g/mol. The Bertz CT molecular complexity index is 220. The Morgan fingerprint density at radius 2 is 2.00 bits per heavy atom. The highest BCUT2D eigenvalue weighted by molar-refractivity contribution is 5.10. The van der Waals surface area contributed by atoms with Crippen LogP contribution in [0.5, 0.6) is 0 Å². The first-order valence-electron chi connectivity index (χ1n) is 4.86. The molecule has 0 aromatic rings. The largest absolute Gasteiger partial charge is 0.414 e. The maximum Gasteiger partial charge on any atom is 0.414 e. The number of hydrogen-bond donors (Lipinski definition) is 1. The quantitative estimate of drug-likeness (QED) is 0.691. The maximum absolute atomic E-state index is 12.2. The van der Waals surface area contributed by atoms with Crippen LogP contribution in [0.25, 0.3) is 0 Å². The van der Waals surface area contributed by atoms with Crippen LogP contribution in [-0.2, 0) is 0 Å². The highest BCUT2D eigenvalue weighted by Crippen LogP contribution is 2.33. The predicted octanol–water partition coefficient (Wildman–Crippen LogP) is 3.05. The van der Waals surface area contributed by atoms with Gasteiger partial charge in [0.2, 0.25) is 0 Å². The molecule has 0 aliphatic heterocycles. The summed E-state index contributed by atoms with van der Waals surface area (Å²) >= 11 is 0. The van der Waals surface area contributed by atoms with E-state index in [-0.39, 0.29) is 0 Å². The van der Waals surface area contributed by atoms with Crippen LogP contribution in [0.3, 0.4) is 0 Å². The first-order chi connectivity index (χ1) is 6.43. The molecule has 4 heteroatoms. The van der Waals surface area contributed by atoms with Gasteiger partial charge in [-0.15, -0.1) is 0 Å². The van der Waals surface area contributed by atoms with Crippen molar-refractivity contribution in [3.05, 3.63) is 11.6 Å². The van der Waals surface area contributed by atoms with Crippen molar-refractivity contribution in [1.29, 1.82) is 0 Å². The summed E-state index contributed by atoms with van der Waals surface area (Å²) in [5.41, 5.74) is 0.751. The van der Waals surface area contributed by atoms with Crippen LogP contribution in [0.15, 0.2) is 11.6 Å². The highest BCUT2D eigenvalue weighted by atomic mass is 19.4. The predicted molar refractivity (Wildman–Crippen MR) is 47.8 cm³/mol. The summed E-state index contributed by atoms with van der Waals surface area (Å²) in [6.07, 6.45) is -1.38. The molecule has 0 heterocycles. The van der Waals surface area contributed by atoms with E-state index in [1.165, 1.54) is 6.92 Å². The summed E-state index contributed by atoms with van der Waals surface area (Å²) in [4.78, 5) is 0. The monoisotopic (exact) mass is 208 g/mol. The molecule has 82 valence electrons. The van der Waals surface area contributed by atoms with Gasteiger partial charge in [0.15, 0.2) is 6.10 Å². The fourth-order valence-corrected chi connectivity index (χ4v) is 1.76. The first kappa shape index (κ1) is 11.6. The van der Waals surface area contributed by atoms with Crippen molar-refractivity contribution in [3.8, 4) is 0 Å². The molecule has 0 saturated heterocycles. The van der Waals surface area contributed by atoms with Crippen molar-refractivity contribution < 1.29 is 18.3 Å². The second kappa shape index (κ2) is 4.34. The van der Waals surface area contributed by atoms with Crippen molar-refractivity contribution in [2.45, 2.75) is 44.9 Å². The molecule has 0 spiro atoms. The molecule has 0 unspecified atom stereocenters. The number of hydrogen-bond acceptors (Lipinski definition) is 1. The summed E-state index contributed by atoms with van der Waals surface area (Å²) < 4.78 is 36.5. The number of alkyl halides is 3. The molecule has 1 rings (SSSR count). The molecule has 0 bridgehead atoms. The fourth-order valence-electron chi connectivity index (χ4n) is 1.76. The van der Waals surface area contributed by atoms with Crippen LogP contribution in [0.1, 0.15) is 32.6 Å². The van der Waals surface area contributed by atoms with Crippen molar-refractivity contribution >= 4 is 0 Å². The number of halogens is 3. The van der Waals surface area contributed by atoms with Gasteiger partial charge in [0.05, 0.1) is 0 Å². The number of aliphatic hydroxyl groups excluding tert-OH is 1. The van der Waals surface area contributed by atoms with Gasteiger partial charge in [-0.3, -0.25) is 0 Å². The van der Waals surface area contributed by atoms with Crippen LogP contribution >= 0.6 is 0 Å². The van der Waals surface area contributed by atoms with Crippen LogP contribution in [0.4, 0.5) is 13.2 Å². The van der Waals surface area contributed by atoms with E-state index in [9.17, 15) is 13.2 Å². The van der Waals surface area contributed by atoms with Crippen molar-refractivity contribution in [3.63, 3.8) is 0 Å². The third-order valence-corrected chi connectivity index (χ3v) is 2.72. The summed E-state index contributed by atoms with van der Waals surface area (Å²) in [5.74, 6) is -0.796. The maximum atomic E-state index is 12.2. The molecule has 0 radical (unpaired) electrons. The first-order valence-corrected chi connectivity index (χ1v) is 4.86. The number of allylic oxidation sites excluding steroid dienone is 1. The Kier molecular flexibility index (Phi) is 3.59. The Morgan fingerprint density at radius 1 is 1.36 bits per heavy atom. The van der Waals surface area contributed by atoms with Crippen LogP contribution < -0.4 is 0 Å². The van der Waals surface area contributed by atoms with Gasteiger partial charge in [0.1, 0.15) is 0 Å². The van der Waals surface area contributed by atoms with Gasteiger partial charge in [0.25, 0.3) is 0 Å². The topological polar surface area (TPSA) is 20.2 Å². The normalized spacial score (nSPS) is 22.8. The summed E-state index contributed by atoms with van der Waals surface area (Å²) in [6.45, 7) is 1.44. The third kappa shape index (κ3) is 2.74. The van der Waals surface area contributed by atoms with E-state index >= 15 is 0 Å². The van der Waals surface area contributed by atoms with E-state index in [4.69, 9.17) is 5.11 Å². The van der Waals surface area contributed by atoms with Gasteiger partial charge in [-0.1, -0.05) is 18.6 Å². The second-order valence-electron chi connectivity index (χ2n) is 3.80. The Hall–Kier alpha value is -0.510. The Labute approximate surface area is 81.6 Å². The standard InChI is InChI=1S/C10H15F3O/c1-7(9(14)10(11,12)13)8-5-3-2-4-6-8/h5,7,9,14H,2-4,6H2,1H3/t7-,9+/m0/s1. The summed E-state index contributed by atoms with van der Waals surface area (Å²) in [5, 5.41) is 9.04. The van der Waals surface area contributed by atoms with E-state index in [1.807, 2.05) is 6.08 Å². The summed E-state index contributed by atoms with van der Waals surface area (Å²) in [6, 6.07) is 0. The van der Waals surface area contributed by atoms with E-state index in [0.717, 1.165) is 24.8 Å². The van der Waals surface area contributed by atoms with Gasteiger partial charge in [-0.05, 0) is 25.7 Å². The molecule has 0 amide bonds. The van der Waals surface area contributed by atoms with Crippen LogP contribution in [0, 0.1) is 5.92 Å². The van der Waals surface area contributed by atoms with Crippen molar-refractivity contribution in [2.24, 2.45) is 5.92 Å². The zero-order valence-electron chi connectivity index (χ0n) is 8.14. The zero-order valence-corrected chi connectivity index (χ0v) is 8.14. The molecule has 0 fully saturated rings. The van der Waals surface area contributed by atoms with E-state index in [1.54, 1.807) is 0 Å². The molecule has 2 atom stereocenters. The van der Waals surface area contributed by atoms with E-state index in [0.29, 0.717) is 6.42 Å². The lowest BCUT2D eigenvalue weighted by Crippen LogP contribution is -2.35. The van der Waals surface area contributed by atoms with Crippen LogP contribution in [-0.4, -0.2) is 17.4 Å². The van der Waals surface area contributed by atoms with Crippen molar-refractivity contribution in [2.75, 3.05) is 0 Å². The number of rotatable bonds is 2. The van der Waals surface area contributed by atoms with E-state index in [2.05, 4.69) is 0 Å². The molecule has 1 aliphatic carbocycles. The minimum absolute atomic E-state index is 0.689. The summed E-state index contributed by atoms with van der Waals surface area (Å²) in [7, 11) is 0. The lowest BCUT2D eigenvalue weighted by atomic mass is 9.87. The molecular weight excluding hydrogens is 193 g/mol. The third-order valence-electron chi connectivity index (χ3n) is 2.72. The van der Waals surface area contributed by atoms with Gasteiger partial charge < -0.3 is 5.11 Å². The average Bonchev–Trinajstić information content (AvgIpc) is 2.15.